The Labute approximate surface area is 129 Å². The van der Waals surface area contributed by atoms with Crippen LogP contribution in [0.15, 0.2) is 66.0 Å². The second-order valence-corrected chi connectivity index (χ2v) is 4.23. The van der Waals surface area contributed by atoms with Gasteiger partial charge in [0.25, 0.3) is 0 Å². The number of allylic oxidation sites excluding steroid dienone is 6. The Morgan fingerprint density at radius 2 is 1.85 bits per heavy atom. The molecule has 0 bridgehead atoms. The number of hydrogen-bond donors (Lipinski definition) is 0. The fourth-order valence-corrected chi connectivity index (χ4v) is 1.47. The van der Waals surface area contributed by atoms with Crippen LogP contribution in [0.2, 0.25) is 0 Å². The Bertz CT molecular complexity index is 444. The topological polar surface area (TPSA) is 66.2 Å². The normalized spacial score (nSPS) is 13.2. The van der Waals surface area contributed by atoms with Gasteiger partial charge in [0.05, 0.1) is 0 Å². The fraction of sp³-hybridized carbons (Fsp3) is 0.267. The molecule has 0 radical (unpaired) electrons. The van der Waals surface area contributed by atoms with E-state index in [1.165, 1.54) is 6.92 Å². The Hall–Kier alpha value is -1.71. The van der Waals surface area contributed by atoms with Gasteiger partial charge >= 0.3 is 17.1 Å². The molecule has 0 saturated heterocycles. The third kappa shape index (κ3) is 7.02. The van der Waals surface area contributed by atoms with Gasteiger partial charge in [0.2, 0.25) is 6.04 Å². The standard InChI is InChI=1S/C10H13NO3.C5H5.Fe/c1-8(11(13)14)6-7-10(12)9-4-2-3-5-9;1-2-4-5-3-1;/h2-5,8,12H,6-7H2,1H3;1-5H;/q;-1;+2/p-1. The molecule has 0 amide bonds. The molecular weight excluding hydrogens is 298 g/mol. The first-order chi connectivity index (χ1) is 9.11. The van der Waals surface area contributed by atoms with Crippen molar-refractivity contribution < 1.29 is 27.1 Å². The molecule has 20 heavy (non-hydrogen) atoms. The average molecular weight is 315 g/mol. The molecule has 108 valence electrons. The van der Waals surface area contributed by atoms with Gasteiger partial charge < -0.3 is 5.11 Å². The third-order valence-corrected chi connectivity index (χ3v) is 2.69. The molecule has 1 aliphatic carbocycles. The molecule has 0 aromatic heterocycles. The van der Waals surface area contributed by atoms with Gasteiger partial charge in [-0.3, -0.25) is 10.1 Å². The van der Waals surface area contributed by atoms with E-state index in [4.69, 9.17) is 0 Å². The number of nitro groups is 1. The first-order valence-electron chi connectivity index (χ1n) is 6.16. The van der Waals surface area contributed by atoms with Crippen molar-refractivity contribution in [2.24, 2.45) is 0 Å². The first-order valence-corrected chi connectivity index (χ1v) is 6.16. The monoisotopic (exact) mass is 315 g/mol. The Morgan fingerprint density at radius 3 is 2.25 bits per heavy atom. The van der Waals surface area contributed by atoms with E-state index in [0.717, 1.165) is 0 Å². The van der Waals surface area contributed by atoms with Crippen molar-refractivity contribution in [1.82, 2.24) is 0 Å². The van der Waals surface area contributed by atoms with E-state index >= 15 is 0 Å². The van der Waals surface area contributed by atoms with Gasteiger partial charge in [-0.25, -0.2) is 12.1 Å². The quantitative estimate of drug-likeness (QED) is 0.282. The summed E-state index contributed by atoms with van der Waals surface area (Å²) in [4.78, 5) is 9.93. The Morgan fingerprint density at radius 1 is 1.30 bits per heavy atom. The van der Waals surface area contributed by atoms with Crippen LogP contribution in [0.5, 0.6) is 0 Å². The molecular formula is C15H17FeNO3. The minimum Gasteiger partial charge on any atom is -0.875 e. The third-order valence-electron chi connectivity index (χ3n) is 2.69. The summed E-state index contributed by atoms with van der Waals surface area (Å²) >= 11 is 0. The van der Waals surface area contributed by atoms with Crippen LogP contribution >= 0.6 is 0 Å². The minimum atomic E-state index is -0.645. The predicted octanol–water partition coefficient (Wildman–Crippen LogP) is 2.58. The van der Waals surface area contributed by atoms with Gasteiger partial charge in [-0.15, -0.1) is 5.76 Å². The largest absolute Gasteiger partial charge is 2.00 e. The zero-order valence-corrected chi connectivity index (χ0v) is 12.3. The fourth-order valence-electron chi connectivity index (χ4n) is 1.47. The van der Waals surface area contributed by atoms with Crippen LogP contribution in [0.25, 0.3) is 0 Å². The summed E-state index contributed by atoms with van der Waals surface area (Å²) in [6.45, 7) is 1.51. The second-order valence-electron chi connectivity index (χ2n) is 4.23. The SMILES string of the molecule is CC(CCC([O-])=C1C=CC=C1)[N+](=O)[O-].[Fe+2].c1cc[cH-]c1. The van der Waals surface area contributed by atoms with Gasteiger partial charge in [-0.05, 0) is 12.0 Å². The van der Waals surface area contributed by atoms with Crippen LogP contribution < -0.4 is 5.11 Å². The van der Waals surface area contributed by atoms with E-state index in [1.54, 1.807) is 24.3 Å². The van der Waals surface area contributed by atoms with E-state index in [2.05, 4.69) is 0 Å². The second kappa shape index (κ2) is 10.1. The van der Waals surface area contributed by atoms with Crippen LogP contribution in [0, 0.1) is 10.1 Å². The summed E-state index contributed by atoms with van der Waals surface area (Å²) < 4.78 is 0. The summed E-state index contributed by atoms with van der Waals surface area (Å²) in [6.07, 6.45) is 7.55. The van der Waals surface area contributed by atoms with Crippen LogP contribution in [-0.2, 0) is 17.1 Å². The molecule has 2 rings (SSSR count). The maximum Gasteiger partial charge on any atom is 2.00 e. The minimum absolute atomic E-state index is 0. The Balaban J connectivity index is 0.000000507. The van der Waals surface area contributed by atoms with Crippen LogP contribution in [-0.4, -0.2) is 11.0 Å². The molecule has 0 saturated carbocycles. The Kier molecular flexibility index (Phi) is 9.26. The maximum absolute atomic E-state index is 11.4. The van der Waals surface area contributed by atoms with Crippen molar-refractivity contribution in [3.8, 4) is 0 Å². The van der Waals surface area contributed by atoms with Crippen LogP contribution in [0.3, 0.4) is 0 Å². The molecule has 1 aliphatic rings. The van der Waals surface area contributed by atoms with Gasteiger partial charge in [-0.1, -0.05) is 24.3 Å². The van der Waals surface area contributed by atoms with Gasteiger partial charge in [0.15, 0.2) is 0 Å². The number of nitrogens with zero attached hydrogens (tertiary/aromatic N) is 1. The summed E-state index contributed by atoms with van der Waals surface area (Å²) in [5, 5.41) is 21.7. The zero-order valence-electron chi connectivity index (χ0n) is 11.2. The van der Waals surface area contributed by atoms with E-state index in [1.807, 2.05) is 30.3 Å². The summed E-state index contributed by atoms with van der Waals surface area (Å²) in [6, 6.07) is 9.36. The van der Waals surface area contributed by atoms with Gasteiger partial charge in [-0.2, -0.15) is 18.2 Å². The maximum atomic E-state index is 11.4. The molecule has 0 heterocycles. The van der Waals surface area contributed by atoms with Crippen molar-refractivity contribution in [3.05, 3.63) is 76.1 Å². The molecule has 0 fully saturated rings. The van der Waals surface area contributed by atoms with E-state index in [-0.39, 0.29) is 34.2 Å². The first kappa shape index (κ1) is 18.3. The molecule has 1 unspecified atom stereocenters. The van der Waals surface area contributed by atoms with Crippen molar-refractivity contribution in [1.29, 1.82) is 0 Å². The number of rotatable bonds is 4. The average Bonchev–Trinajstić information content (AvgIpc) is 3.08. The van der Waals surface area contributed by atoms with Crippen molar-refractivity contribution in [2.45, 2.75) is 25.8 Å². The molecule has 4 nitrogen and oxygen atoms in total. The molecule has 1 atom stereocenters. The van der Waals surface area contributed by atoms with Crippen molar-refractivity contribution >= 4 is 0 Å². The van der Waals surface area contributed by atoms with E-state index in [0.29, 0.717) is 12.0 Å². The zero-order chi connectivity index (χ0) is 14.1. The van der Waals surface area contributed by atoms with Gasteiger partial charge in [0, 0.05) is 18.3 Å². The van der Waals surface area contributed by atoms with Crippen LogP contribution in [0.4, 0.5) is 0 Å². The summed E-state index contributed by atoms with van der Waals surface area (Å²) in [5.74, 6) is -0.0244. The number of hydrogen-bond acceptors (Lipinski definition) is 3. The van der Waals surface area contributed by atoms with Crippen LogP contribution in [0.1, 0.15) is 19.8 Å². The molecule has 0 aliphatic heterocycles. The summed E-state index contributed by atoms with van der Waals surface area (Å²) in [5.41, 5.74) is 0.639. The van der Waals surface area contributed by atoms with Gasteiger partial charge in [0.1, 0.15) is 0 Å². The molecule has 1 aromatic carbocycles. The predicted molar refractivity (Wildman–Crippen MR) is 73.0 cm³/mol. The smallest absolute Gasteiger partial charge is 0.875 e. The molecule has 0 spiro atoms. The van der Waals surface area contributed by atoms with E-state index < -0.39 is 6.04 Å². The summed E-state index contributed by atoms with van der Waals surface area (Å²) in [7, 11) is 0. The van der Waals surface area contributed by atoms with Crippen molar-refractivity contribution in [3.63, 3.8) is 0 Å². The molecule has 0 N–H and O–H groups in total. The molecule has 1 aromatic rings. The molecule has 5 heteroatoms. The van der Waals surface area contributed by atoms with Crippen molar-refractivity contribution in [2.75, 3.05) is 0 Å². The van der Waals surface area contributed by atoms with E-state index in [9.17, 15) is 15.2 Å².